The second-order valence-electron chi connectivity index (χ2n) is 6.46. The molecule has 1 N–H and O–H groups in total. The predicted molar refractivity (Wildman–Crippen MR) is 113 cm³/mol. The quantitative estimate of drug-likeness (QED) is 0.504. The highest BCUT2D eigenvalue weighted by atomic mass is 16.5. The summed E-state index contributed by atoms with van der Waals surface area (Å²) in [6.07, 6.45) is 7.19. The minimum absolute atomic E-state index is 0.245. The predicted octanol–water partition coefficient (Wildman–Crippen LogP) is 5.08. The summed E-state index contributed by atoms with van der Waals surface area (Å²) in [5.41, 5.74) is 3.52. The van der Waals surface area contributed by atoms with Crippen molar-refractivity contribution in [2.45, 2.75) is 6.61 Å². The lowest BCUT2D eigenvalue weighted by Gasteiger charge is -2.06. The highest BCUT2D eigenvalue weighted by Crippen LogP contribution is 2.20. The molecule has 2 aromatic carbocycles. The van der Waals surface area contributed by atoms with E-state index in [1.165, 1.54) is 0 Å². The van der Waals surface area contributed by atoms with Gasteiger partial charge in [-0.15, -0.1) is 0 Å². The number of aromatic nitrogens is 2. The minimum Gasteiger partial charge on any atom is -0.489 e. The van der Waals surface area contributed by atoms with Crippen LogP contribution in [-0.2, 0) is 6.61 Å². The first-order valence-corrected chi connectivity index (χ1v) is 9.12. The molecule has 0 spiro atoms. The van der Waals surface area contributed by atoms with Crippen LogP contribution in [0.3, 0.4) is 0 Å². The van der Waals surface area contributed by atoms with Gasteiger partial charge in [0.25, 0.3) is 0 Å². The van der Waals surface area contributed by atoms with Crippen molar-refractivity contribution in [3.63, 3.8) is 0 Å². The zero-order chi connectivity index (χ0) is 20.1. The summed E-state index contributed by atoms with van der Waals surface area (Å²) in [5.74, 6) is -0.190. The van der Waals surface area contributed by atoms with Crippen molar-refractivity contribution in [2.75, 3.05) is 0 Å². The number of benzene rings is 2. The van der Waals surface area contributed by atoms with Crippen molar-refractivity contribution < 1.29 is 14.6 Å². The zero-order valence-corrected chi connectivity index (χ0v) is 15.5. The molecule has 0 aliphatic rings. The van der Waals surface area contributed by atoms with E-state index in [2.05, 4.69) is 9.97 Å². The number of nitrogens with zero attached hydrogens (tertiary/aromatic N) is 2. The van der Waals surface area contributed by atoms with Crippen molar-refractivity contribution in [2.24, 2.45) is 0 Å². The summed E-state index contributed by atoms with van der Waals surface area (Å²) >= 11 is 0. The van der Waals surface area contributed by atoms with E-state index < -0.39 is 5.97 Å². The Labute approximate surface area is 168 Å². The van der Waals surface area contributed by atoms with Crippen LogP contribution in [0.25, 0.3) is 23.1 Å². The molecule has 0 saturated carbocycles. The third-order valence-corrected chi connectivity index (χ3v) is 4.45. The number of rotatable bonds is 6. The number of carbonyl (C=O) groups is 1. The second kappa shape index (κ2) is 8.35. The standard InChI is InChI=1S/C24H18N2O3/c27-24(28)22-15-19(26-23-4-2-1-3-21(22)23)8-5-17-6-9-20(10-7-17)29-16-18-11-13-25-14-12-18/h1-15H,16H2,(H,27,28). The minimum atomic E-state index is -0.964. The maximum Gasteiger partial charge on any atom is 0.336 e. The molecule has 5 nitrogen and oxygen atoms in total. The number of carboxylic acids is 1. The molecular formula is C24H18N2O3. The summed E-state index contributed by atoms with van der Waals surface area (Å²) in [6, 6.07) is 20.3. The molecule has 0 amide bonds. The molecule has 4 aromatic rings. The molecule has 142 valence electrons. The third kappa shape index (κ3) is 4.47. The van der Waals surface area contributed by atoms with Crippen molar-refractivity contribution in [3.05, 3.63) is 102 Å². The van der Waals surface area contributed by atoms with Crippen LogP contribution >= 0.6 is 0 Å². The third-order valence-electron chi connectivity index (χ3n) is 4.45. The smallest absolute Gasteiger partial charge is 0.336 e. The van der Waals surface area contributed by atoms with Gasteiger partial charge in [0, 0.05) is 17.8 Å². The lowest BCUT2D eigenvalue weighted by Crippen LogP contribution is -2.00. The van der Waals surface area contributed by atoms with E-state index in [9.17, 15) is 9.90 Å². The van der Waals surface area contributed by atoms with Crippen LogP contribution in [0, 0.1) is 0 Å². The lowest BCUT2D eigenvalue weighted by molar-refractivity contribution is 0.0699. The van der Waals surface area contributed by atoms with Crippen molar-refractivity contribution in [3.8, 4) is 5.75 Å². The van der Waals surface area contributed by atoms with Gasteiger partial charge in [-0.1, -0.05) is 36.4 Å². The molecule has 0 aliphatic heterocycles. The fraction of sp³-hybridized carbons (Fsp3) is 0.0417. The lowest BCUT2D eigenvalue weighted by atomic mass is 10.1. The largest absolute Gasteiger partial charge is 0.489 e. The molecular weight excluding hydrogens is 364 g/mol. The average Bonchev–Trinajstić information content (AvgIpc) is 2.77. The SMILES string of the molecule is O=C(O)c1cc(C=Cc2ccc(OCc3ccncc3)cc2)nc2ccccc12. The van der Waals surface area contributed by atoms with E-state index in [1.54, 1.807) is 24.5 Å². The van der Waals surface area contributed by atoms with E-state index in [4.69, 9.17) is 4.74 Å². The van der Waals surface area contributed by atoms with Gasteiger partial charge < -0.3 is 9.84 Å². The zero-order valence-electron chi connectivity index (χ0n) is 15.5. The molecule has 5 heteroatoms. The number of para-hydroxylation sites is 1. The van der Waals surface area contributed by atoms with E-state index in [0.29, 0.717) is 23.2 Å². The van der Waals surface area contributed by atoms with E-state index >= 15 is 0 Å². The number of fused-ring (bicyclic) bond motifs is 1. The van der Waals surface area contributed by atoms with Crippen LogP contribution in [0.4, 0.5) is 0 Å². The Balaban J connectivity index is 1.49. The van der Waals surface area contributed by atoms with E-state index in [-0.39, 0.29) is 5.56 Å². The summed E-state index contributed by atoms with van der Waals surface area (Å²) in [4.78, 5) is 20.1. The molecule has 0 radical (unpaired) electrons. The van der Waals surface area contributed by atoms with Gasteiger partial charge in [-0.05, 0) is 53.6 Å². The molecule has 0 bridgehead atoms. The van der Waals surface area contributed by atoms with Crippen LogP contribution in [-0.4, -0.2) is 21.0 Å². The highest BCUT2D eigenvalue weighted by Gasteiger charge is 2.10. The second-order valence-corrected chi connectivity index (χ2v) is 6.46. The Kier molecular flexibility index (Phi) is 5.29. The van der Waals surface area contributed by atoms with Gasteiger partial charge in [-0.2, -0.15) is 0 Å². The van der Waals surface area contributed by atoms with E-state index in [1.807, 2.05) is 66.7 Å². The molecule has 0 unspecified atom stereocenters. The number of hydrogen-bond donors (Lipinski definition) is 1. The summed E-state index contributed by atoms with van der Waals surface area (Å²) in [5, 5.41) is 10.1. The van der Waals surface area contributed by atoms with Crippen molar-refractivity contribution in [1.29, 1.82) is 0 Å². The van der Waals surface area contributed by atoms with Crippen LogP contribution in [0.1, 0.15) is 27.2 Å². The molecule has 0 saturated heterocycles. The van der Waals surface area contributed by atoms with Gasteiger partial charge in [0.1, 0.15) is 12.4 Å². The maximum absolute atomic E-state index is 11.6. The van der Waals surface area contributed by atoms with Crippen molar-refractivity contribution in [1.82, 2.24) is 9.97 Å². The molecule has 0 fully saturated rings. The molecule has 2 heterocycles. The average molecular weight is 382 g/mol. The van der Waals surface area contributed by atoms with Gasteiger partial charge in [-0.3, -0.25) is 4.98 Å². The van der Waals surface area contributed by atoms with Gasteiger partial charge in [0.05, 0.1) is 16.8 Å². The summed E-state index contributed by atoms with van der Waals surface area (Å²) < 4.78 is 5.77. The molecule has 0 aliphatic carbocycles. The maximum atomic E-state index is 11.6. The first-order valence-electron chi connectivity index (χ1n) is 9.12. The Morgan fingerprint density at radius 3 is 2.48 bits per heavy atom. The summed E-state index contributed by atoms with van der Waals surface area (Å²) in [7, 11) is 0. The number of pyridine rings is 2. The first-order chi connectivity index (χ1) is 14.2. The first kappa shape index (κ1) is 18.4. The molecule has 4 rings (SSSR count). The fourth-order valence-electron chi connectivity index (χ4n) is 2.96. The molecule has 0 atom stereocenters. The number of carboxylic acid groups (broad SMARTS) is 1. The highest BCUT2D eigenvalue weighted by molar-refractivity contribution is 6.03. The van der Waals surface area contributed by atoms with Gasteiger partial charge >= 0.3 is 5.97 Å². The van der Waals surface area contributed by atoms with E-state index in [0.717, 1.165) is 16.9 Å². The fourth-order valence-corrected chi connectivity index (χ4v) is 2.96. The molecule has 2 aromatic heterocycles. The number of ether oxygens (including phenoxy) is 1. The monoisotopic (exact) mass is 382 g/mol. The van der Waals surface area contributed by atoms with Crippen LogP contribution in [0.15, 0.2) is 79.1 Å². The van der Waals surface area contributed by atoms with Crippen LogP contribution in [0.2, 0.25) is 0 Å². The van der Waals surface area contributed by atoms with Gasteiger partial charge in [0.15, 0.2) is 0 Å². The van der Waals surface area contributed by atoms with Crippen LogP contribution in [0.5, 0.6) is 5.75 Å². The summed E-state index contributed by atoms with van der Waals surface area (Å²) in [6.45, 7) is 0.483. The Hall–Kier alpha value is -3.99. The van der Waals surface area contributed by atoms with Crippen LogP contribution < -0.4 is 4.74 Å². The number of aromatic carboxylic acids is 1. The van der Waals surface area contributed by atoms with Gasteiger partial charge in [-0.25, -0.2) is 9.78 Å². The normalized spacial score (nSPS) is 11.0. The van der Waals surface area contributed by atoms with Crippen molar-refractivity contribution >= 4 is 29.0 Å². The topological polar surface area (TPSA) is 72.3 Å². The Morgan fingerprint density at radius 1 is 0.966 bits per heavy atom. The number of hydrogen-bond acceptors (Lipinski definition) is 4. The Morgan fingerprint density at radius 2 is 1.72 bits per heavy atom. The molecule has 29 heavy (non-hydrogen) atoms. The Bertz CT molecular complexity index is 1170. The van der Waals surface area contributed by atoms with Gasteiger partial charge in [0.2, 0.25) is 0 Å².